The first-order valence-corrected chi connectivity index (χ1v) is 11.1. The lowest BCUT2D eigenvalue weighted by atomic mass is 10.1. The molecule has 0 bridgehead atoms. The first kappa shape index (κ1) is 19.6. The summed E-state index contributed by atoms with van der Waals surface area (Å²) < 4.78 is 1.70. The average Bonchev–Trinajstić information content (AvgIpc) is 3.19. The van der Waals surface area contributed by atoms with Crippen LogP contribution in [0.3, 0.4) is 0 Å². The fourth-order valence-electron chi connectivity index (χ4n) is 3.24. The van der Waals surface area contributed by atoms with Gasteiger partial charge in [-0.05, 0) is 43.7 Å². The second-order valence-electron chi connectivity index (χ2n) is 6.80. The highest BCUT2D eigenvalue weighted by atomic mass is 32.2. The summed E-state index contributed by atoms with van der Waals surface area (Å²) in [5, 5.41) is 1.14. The van der Waals surface area contributed by atoms with Gasteiger partial charge in [-0.25, -0.2) is 4.98 Å². The number of carbonyl (C=O) groups excluding carboxylic acids is 1. The Balaban J connectivity index is 1.75. The maximum absolute atomic E-state index is 13.3. The van der Waals surface area contributed by atoms with Gasteiger partial charge in [0.25, 0.3) is 5.56 Å². The van der Waals surface area contributed by atoms with Crippen LogP contribution in [0.25, 0.3) is 10.9 Å². The van der Waals surface area contributed by atoms with E-state index in [0.29, 0.717) is 16.1 Å². The molecular formula is C23H20N2O2S2. The van der Waals surface area contributed by atoms with Crippen molar-refractivity contribution >= 4 is 39.8 Å². The lowest BCUT2D eigenvalue weighted by molar-refractivity contribution is 0.102. The van der Waals surface area contributed by atoms with Crippen molar-refractivity contribution in [1.82, 2.24) is 9.55 Å². The molecule has 0 saturated heterocycles. The molecule has 1 atom stereocenters. The number of aryl methyl sites for hydroxylation is 1. The van der Waals surface area contributed by atoms with Gasteiger partial charge in [-0.15, -0.1) is 11.3 Å². The molecule has 0 radical (unpaired) electrons. The number of thiophene rings is 1. The van der Waals surface area contributed by atoms with Crippen molar-refractivity contribution < 1.29 is 4.79 Å². The summed E-state index contributed by atoms with van der Waals surface area (Å²) in [7, 11) is 0. The smallest absolute Gasteiger partial charge is 0.262 e. The number of aromatic nitrogens is 2. The van der Waals surface area contributed by atoms with Crippen LogP contribution in [0.2, 0.25) is 0 Å². The number of carbonyl (C=O) groups is 1. The van der Waals surface area contributed by atoms with Gasteiger partial charge >= 0.3 is 0 Å². The zero-order chi connectivity index (χ0) is 20.4. The van der Waals surface area contributed by atoms with Gasteiger partial charge in [0.05, 0.1) is 27.6 Å². The molecule has 0 aliphatic rings. The van der Waals surface area contributed by atoms with Gasteiger partial charge in [-0.1, -0.05) is 54.2 Å². The van der Waals surface area contributed by atoms with E-state index in [1.165, 1.54) is 23.1 Å². The van der Waals surface area contributed by atoms with Crippen molar-refractivity contribution in [1.29, 1.82) is 0 Å². The fraction of sp³-hybridized carbons (Fsp3) is 0.174. The maximum Gasteiger partial charge on any atom is 0.262 e. The van der Waals surface area contributed by atoms with Crippen molar-refractivity contribution in [2.45, 2.75) is 25.0 Å². The molecule has 146 valence electrons. The second-order valence-corrected chi connectivity index (χ2v) is 9.03. The van der Waals surface area contributed by atoms with Crippen molar-refractivity contribution in [2.24, 2.45) is 0 Å². The van der Waals surface area contributed by atoms with Gasteiger partial charge < -0.3 is 0 Å². The largest absolute Gasteiger partial charge is 0.292 e. The maximum atomic E-state index is 13.3. The highest BCUT2D eigenvalue weighted by molar-refractivity contribution is 7.99. The van der Waals surface area contributed by atoms with E-state index in [-0.39, 0.29) is 23.1 Å². The van der Waals surface area contributed by atoms with E-state index >= 15 is 0 Å². The summed E-state index contributed by atoms with van der Waals surface area (Å²) >= 11 is 2.81. The summed E-state index contributed by atoms with van der Waals surface area (Å²) in [5.74, 6) is 0.293. The van der Waals surface area contributed by atoms with E-state index in [4.69, 9.17) is 4.98 Å². The Hall–Kier alpha value is -2.70. The first-order valence-electron chi connectivity index (χ1n) is 9.33. The molecule has 29 heavy (non-hydrogen) atoms. The van der Waals surface area contributed by atoms with E-state index < -0.39 is 0 Å². The molecule has 4 aromatic rings. The van der Waals surface area contributed by atoms with Crippen molar-refractivity contribution in [3.63, 3.8) is 0 Å². The van der Waals surface area contributed by atoms with E-state index in [2.05, 4.69) is 0 Å². The molecule has 0 aliphatic carbocycles. The van der Waals surface area contributed by atoms with Crippen molar-refractivity contribution in [2.75, 3.05) is 5.75 Å². The molecule has 0 aliphatic heterocycles. The third-order valence-electron chi connectivity index (χ3n) is 4.79. The van der Waals surface area contributed by atoms with Gasteiger partial charge in [-0.2, -0.15) is 0 Å². The lowest BCUT2D eigenvalue weighted by Crippen LogP contribution is -2.27. The Bertz CT molecular complexity index is 1230. The Morgan fingerprint density at radius 3 is 2.52 bits per heavy atom. The normalized spacial score (nSPS) is 12.2. The quantitative estimate of drug-likeness (QED) is 0.240. The molecule has 2 heterocycles. The van der Waals surface area contributed by atoms with Gasteiger partial charge in [0, 0.05) is 4.88 Å². The standard InChI is InChI=1S/C23H20N2O2S2/c1-15-12-13-21(29-15)20(26)14-28-23-24-19-11-7-6-10-18(19)22(27)25(23)16(2)17-8-4-3-5-9-17/h3-13,16H,14H2,1-2H3. The minimum Gasteiger partial charge on any atom is -0.292 e. The van der Waals surface area contributed by atoms with Gasteiger partial charge in [0.1, 0.15) is 0 Å². The van der Waals surface area contributed by atoms with E-state index in [0.717, 1.165) is 15.3 Å². The second kappa shape index (κ2) is 8.35. The number of nitrogens with zero attached hydrogens (tertiary/aromatic N) is 2. The lowest BCUT2D eigenvalue weighted by Gasteiger charge is -2.19. The Kier molecular flexibility index (Phi) is 5.65. The Morgan fingerprint density at radius 2 is 1.79 bits per heavy atom. The third kappa shape index (κ3) is 4.04. The number of ketones is 1. The predicted octanol–water partition coefficient (Wildman–Crippen LogP) is 5.35. The van der Waals surface area contributed by atoms with Crippen LogP contribution in [-0.2, 0) is 0 Å². The van der Waals surface area contributed by atoms with E-state index in [1.54, 1.807) is 10.6 Å². The van der Waals surface area contributed by atoms with E-state index in [1.807, 2.05) is 74.5 Å². The Morgan fingerprint density at radius 1 is 1.07 bits per heavy atom. The molecule has 0 saturated carbocycles. The van der Waals surface area contributed by atoms with Crippen LogP contribution in [0, 0.1) is 6.92 Å². The summed E-state index contributed by atoms with van der Waals surface area (Å²) in [6, 6.07) is 20.8. The molecule has 0 amide bonds. The molecule has 4 nitrogen and oxygen atoms in total. The number of hydrogen-bond acceptors (Lipinski definition) is 5. The molecule has 6 heteroatoms. The molecular weight excluding hydrogens is 400 g/mol. The number of hydrogen-bond donors (Lipinski definition) is 0. The van der Waals surface area contributed by atoms with Crippen LogP contribution in [0.5, 0.6) is 0 Å². The molecule has 0 fully saturated rings. The zero-order valence-electron chi connectivity index (χ0n) is 16.2. The number of para-hydroxylation sites is 1. The summed E-state index contributed by atoms with van der Waals surface area (Å²) in [6.07, 6.45) is 0. The van der Waals surface area contributed by atoms with E-state index in [9.17, 15) is 9.59 Å². The van der Waals surface area contributed by atoms with Crippen LogP contribution in [0.4, 0.5) is 0 Å². The summed E-state index contributed by atoms with van der Waals surface area (Å²) in [4.78, 5) is 32.5. The number of rotatable bonds is 6. The minimum atomic E-state index is -0.192. The Labute approximate surface area is 177 Å². The highest BCUT2D eigenvalue weighted by Crippen LogP contribution is 2.26. The fourth-order valence-corrected chi connectivity index (χ4v) is 5.09. The molecule has 2 aromatic heterocycles. The minimum absolute atomic E-state index is 0.0504. The summed E-state index contributed by atoms with van der Waals surface area (Å²) in [5.41, 5.74) is 1.58. The predicted molar refractivity (Wildman–Crippen MR) is 120 cm³/mol. The first-order chi connectivity index (χ1) is 14.0. The molecule has 0 spiro atoms. The van der Waals surface area contributed by atoms with Gasteiger partial charge in [0.15, 0.2) is 10.9 Å². The van der Waals surface area contributed by atoms with Crippen LogP contribution in [0.1, 0.15) is 33.1 Å². The third-order valence-corrected chi connectivity index (χ3v) is 6.79. The number of benzene rings is 2. The monoisotopic (exact) mass is 420 g/mol. The molecule has 4 rings (SSSR count). The zero-order valence-corrected chi connectivity index (χ0v) is 17.8. The molecule has 2 aromatic carbocycles. The average molecular weight is 421 g/mol. The van der Waals surface area contributed by atoms with Crippen molar-refractivity contribution in [3.8, 4) is 0 Å². The SMILES string of the molecule is Cc1ccc(C(=O)CSc2nc3ccccc3c(=O)n2C(C)c2ccccc2)s1. The van der Waals surface area contributed by atoms with Gasteiger partial charge in [0.2, 0.25) is 0 Å². The molecule has 1 unspecified atom stereocenters. The summed E-state index contributed by atoms with van der Waals surface area (Å²) in [6.45, 7) is 3.97. The van der Waals surface area contributed by atoms with Gasteiger partial charge in [-0.3, -0.25) is 14.2 Å². The topological polar surface area (TPSA) is 52.0 Å². The number of Topliss-reactive ketones (excluding diaryl/α,β-unsaturated/α-hetero) is 1. The van der Waals surface area contributed by atoms with Crippen LogP contribution >= 0.6 is 23.1 Å². The van der Waals surface area contributed by atoms with Crippen LogP contribution < -0.4 is 5.56 Å². The van der Waals surface area contributed by atoms with Crippen LogP contribution in [0.15, 0.2) is 76.7 Å². The highest BCUT2D eigenvalue weighted by Gasteiger charge is 2.19. The number of fused-ring (bicyclic) bond motifs is 1. The van der Waals surface area contributed by atoms with Crippen LogP contribution in [-0.4, -0.2) is 21.1 Å². The van der Waals surface area contributed by atoms with Crippen molar-refractivity contribution in [3.05, 3.63) is 92.4 Å². The number of thioether (sulfide) groups is 1. The molecule has 0 N–H and O–H groups in total.